The summed E-state index contributed by atoms with van der Waals surface area (Å²) in [6.45, 7) is 1.90. The largest absolute Gasteiger partial charge is 0.486 e. The molecule has 0 spiro atoms. The van der Waals surface area contributed by atoms with Crippen LogP contribution in [-0.2, 0) is 0 Å². The summed E-state index contributed by atoms with van der Waals surface area (Å²) in [7, 11) is 0. The van der Waals surface area contributed by atoms with E-state index in [9.17, 15) is 0 Å². The molecule has 1 atom stereocenters. The molecule has 0 saturated carbocycles. The highest BCUT2D eigenvalue weighted by Gasteiger charge is 2.17. The number of aromatic nitrogens is 1. The minimum Gasteiger partial charge on any atom is -0.486 e. The lowest BCUT2D eigenvalue weighted by atomic mass is 10.1. The average Bonchev–Trinajstić information content (AvgIpc) is 2.25. The van der Waals surface area contributed by atoms with Crippen molar-refractivity contribution < 1.29 is 4.74 Å². The Bertz CT molecular complexity index is 320. The normalized spacial score (nSPS) is 21.3. The minimum absolute atomic E-state index is 0.149. The number of nitrogens with one attached hydrogen (secondary N) is 1. The van der Waals surface area contributed by atoms with E-state index in [4.69, 9.17) is 27.9 Å². The fraction of sp³-hybridized carbons (Fsp3) is 0.500. The molecular formula is C10H12Cl2N2O. The zero-order valence-electron chi connectivity index (χ0n) is 8.17. The maximum atomic E-state index is 5.96. The lowest BCUT2D eigenvalue weighted by Crippen LogP contribution is -2.37. The fourth-order valence-electron chi connectivity index (χ4n) is 1.60. The molecule has 15 heavy (non-hydrogen) atoms. The van der Waals surface area contributed by atoms with Crippen LogP contribution in [0.3, 0.4) is 0 Å². The summed E-state index contributed by atoms with van der Waals surface area (Å²) < 4.78 is 5.75. The van der Waals surface area contributed by atoms with E-state index in [1.807, 2.05) is 0 Å². The molecule has 1 aliphatic rings. The second kappa shape index (κ2) is 5.01. The lowest BCUT2D eigenvalue weighted by molar-refractivity contribution is 0.167. The van der Waals surface area contributed by atoms with Crippen molar-refractivity contribution >= 4 is 23.2 Å². The van der Waals surface area contributed by atoms with Gasteiger partial charge in [-0.15, -0.1) is 0 Å². The van der Waals surface area contributed by atoms with Crippen molar-refractivity contribution in [2.45, 2.75) is 18.9 Å². The molecule has 5 heteroatoms. The van der Waals surface area contributed by atoms with E-state index >= 15 is 0 Å². The average molecular weight is 247 g/mol. The van der Waals surface area contributed by atoms with Gasteiger partial charge in [0.15, 0.2) is 5.75 Å². The predicted molar refractivity (Wildman–Crippen MR) is 60.8 cm³/mol. The third kappa shape index (κ3) is 2.74. The number of ether oxygens (including phenoxy) is 1. The molecular weight excluding hydrogens is 235 g/mol. The highest BCUT2D eigenvalue weighted by atomic mass is 35.5. The van der Waals surface area contributed by atoms with Crippen LogP contribution in [0, 0.1) is 0 Å². The van der Waals surface area contributed by atoms with Crippen LogP contribution < -0.4 is 10.1 Å². The number of nitrogens with zero attached hydrogens (tertiary/aromatic N) is 1. The second-order valence-corrected chi connectivity index (χ2v) is 4.33. The third-order valence-corrected chi connectivity index (χ3v) is 2.88. The molecule has 1 N–H and O–H groups in total. The topological polar surface area (TPSA) is 34.1 Å². The molecule has 1 fully saturated rings. The van der Waals surface area contributed by atoms with Crippen molar-refractivity contribution in [3.8, 4) is 5.75 Å². The molecule has 2 heterocycles. The van der Waals surface area contributed by atoms with Crippen molar-refractivity contribution in [1.82, 2.24) is 10.3 Å². The van der Waals surface area contributed by atoms with Crippen LogP contribution in [0.1, 0.15) is 12.8 Å². The maximum absolute atomic E-state index is 5.96. The maximum Gasteiger partial charge on any atom is 0.160 e. The first-order chi connectivity index (χ1) is 7.27. The van der Waals surface area contributed by atoms with Gasteiger partial charge in [0.2, 0.25) is 0 Å². The van der Waals surface area contributed by atoms with Crippen LogP contribution in [0.15, 0.2) is 12.4 Å². The Balaban J connectivity index is 2.09. The van der Waals surface area contributed by atoms with Crippen molar-refractivity contribution in [3.05, 3.63) is 22.4 Å². The van der Waals surface area contributed by atoms with Gasteiger partial charge in [-0.1, -0.05) is 23.2 Å². The van der Waals surface area contributed by atoms with Gasteiger partial charge in [0, 0.05) is 18.9 Å². The van der Waals surface area contributed by atoms with Gasteiger partial charge in [0.1, 0.15) is 16.1 Å². The van der Waals surface area contributed by atoms with Crippen LogP contribution >= 0.6 is 23.2 Å². The molecule has 3 nitrogen and oxygen atoms in total. The van der Waals surface area contributed by atoms with Gasteiger partial charge in [-0.2, -0.15) is 0 Å². The number of hydrogen-bond acceptors (Lipinski definition) is 3. The lowest BCUT2D eigenvalue weighted by Gasteiger charge is -2.24. The Kier molecular flexibility index (Phi) is 3.67. The van der Waals surface area contributed by atoms with E-state index in [1.165, 1.54) is 0 Å². The van der Waals surface area contributed by atoms with Gasteiger partial charge in [-0.05, 0) is 19.4 Å². The standard InChI is InChI=1S/C10H12Cl2N2O/c11-8-5-14-6-9(12)10(8)15-7-2-1-3-13-4-7/h5-7,13H,1-4H2. The van der Waals surface area contributed by atoms with Gasteiger partial charge in [-0.25, -0.2) is 0 Å². The Labute approximate surface area is 98.7 Å². The van der Waals surface area contributed by atoms with E-state index < -0.39 is 0 Å². The Morgan fingerprint density at radius 3 is 2.67 bits per heavy atom. The summed E-state index contributed by atoms with van der Waals surface area (Å²) in [6.07, 6.45) is 5.38. The molecule has 1 aromatic heterocycles. The molecule has 1 aromatic rings. The number of pyridine rings is 1. The first-order valence-electron chi connectivity index (χ1n) is 4.94. The molecule has 2 rings (SSSR count). The first-order valence-corrected chi connectivity index (χ1v) is 5.69. The predicted octanol–water partition coefficient (Wildman–Crippen LogP) is 2.52. The molecule has 0 radical (unpaired) electrons. The Morgan fingerprint density at radius 2 is 2.07 bits per heavy atom. The second-order valence-electron chi connectivity index (χ2n) is 3.52. The molecule has 1 saturated heterocycles. The van der Waals surface area contributed by atoms with E-state index in [-0.39, 0.29) is 6.10 Å². The Morgan fingerprint density at radius 1 is 1.33 bits per heavy atom. The van der Waals surface area contributed by atoms with Crippen LogP contribution in [0.25, 0.3) is 0 Å². The summed E-state index contributed by atoms with van der Waals surface area (Å²) in [6, 6.07) is 0. The van der Waals surface area contributed by atoms with Crippen LogP contribution in [-0.4, -0.2) is 24.2 Å². The van der Waals surface area contributed by atoms with E-state index in [2.05, 4.69) is 10.3 Å². The Hall–Kier alpha value is -0.510. The quantitative estimate of drug-likeness (QED) is 0.871. The smallest absolute Gasteiger partial charge is 0.160 e. The monoisotopic (exact) mass is 246 g/mol. The SMILES string of the molecule is Clc1cncc(Cl)c1OC1CCCNC1. The number of rotatable bonds is 2. The molecule has 82 valence electrons. The summed E-state index contributed by atoms with van der Waals surface area (Å²) in [5, 5.41) is 4.20. The van der Waals surface area contributed by atoms with Crippen LogP contribution in [0.5, 0.6) is 5.75 Å². The van der Waals surface area contributed by atoms with Gasteiger partial charge in [-0.3, -0.25) is 4.98 Å². The van der Waals surface area contributed by atoms with E-state index in [1.54, 1.807) is 12.4 Å². The van der Waals surface area contributed by atoms with E-state index in [0.29, 0.717) is 15.8 Å². The first kappa shape index (κ1) is 11.0. The summed E-state index contributed by atoms with van der Waals surface area (Å²) in [5.74, 6) is 0.544. The molecule has 0 bridgehead atoms. The fourth-order valence-corrected chi connectivity index (χ4v) is 2.05. The van der Waals surface area contributed by atoms with Crippen molar-refractivity contribution in [3.63, 3.8) is 0 Å². The zero-order chi connectivity index (χ0) is 10.7. The van der Waals surface area contributed by atoms with Crippen LogP contribution in [0.2, 0.25) is 10.0 Å². The summed E-state index contributed by atoms with van der Waals surface area (Å²) >= 11 is 11.9. The van der Waals surface area contributed by atoms with Gasteiger partial charge < -0.3 is 10.1 Å². The van der Waals surface area contributed by atoms with Crippen molar-refractivity contribution in [1.29, 1.82) is 0 Å². The number of hydrogen-bond donors (Lipinski definition) is 1. The highest BCUT2D eigenvalue weighted by Crippen LogP contribution is 2.32. The van der Waals surface area contributed by atoms with E-state index in [0.717, 1.165) is 25.9 Å². The molecule has 0 aliphatic carbocycles. The van der Waals surface area contributed by atoms with Crippen molar-refractivity contribution in [2.24, 2.45) is 0 Å². The minimum atomic E-state index is 0.149. The number of halogens is 2. The molecule has 0 aromatic carbocycles. The van der Waals surface area contributed by atoms with Crippen molar-refractivity contribution in [2.75, 3.05) is 13.1 Å². The zero-order valence-corrected chi connectivity index (χ0v) is 9.68. The third-order valence-electron chi connectivity index (χ3n) is 2.35. The highest BCUT2D eigenvalue weighted by molar-refractivity contribution is 6.36. The molecule has 0 amide bonds. The van der Waals surface area contributed by atoms with Gasteiger partial charge in [0.05, 0.1) is 0 Å². The molecule has 1 unspecified atom stereocenters. The van der Waals surface area contributed by atoms with Gasteiger partial charge >= 0.3 is 0 Å². The summed E-state index contributed by atoms with van der Waals surface area (Å²) in [5.41, 5.74) is 0. The molecule has 1 aliphatic heterocycles. The van der Waals surface area contributed by atoms with Crippen LogP contribution in [0.4, 0.5) is 0 Å². The summed E-state index contributed by atoms with van der Waals surface area (Å²) in [4.78, 5) is 3.88. The van der Waals surface area contributed by atoms with Gasteiger partial charge in [0.25, 0.3) is 0 Å². The number of piperidine rings is 1.